The zero-order valence-corrected chi connectivity index (χ0v) is 20.5. The lowest BCUT2D eigenvalue weighted by molar-refractivity contribution is -0.131. The van der Waals surface area contributed by atoms with E-state index in [1.165, 1.54) is 16.5 Å². The molecule has 2 amide bonds. The number of benzene rings is 2. The Balaban J connectivity index is 1.18. The first-order valence-electron chi connectivity index (χ1n) is 12.0. The number of hydrogen-bond donors (Lipinski definition) is 2. The Morgan fingerprint density at radius 1 is 1.21 bits per heavy atom. The largest absolute Gasteiger partial charge is 0.361 e. The van der Waals surface area contributed by atoms with E-state index in [2.05, 4.69) is 41.5 Å². The van der Waals surface area contributed by atoms with Crippen molar-refractivity contribution in [1.82, 2.24) is 15.2 Å². The highest BCUT2D eigenvalue weighted by molar-refractivity contribution is 8.04. The van der Waals surface area contributed by atoms with Crippen LogP contribution in [0.4, 0.5) is 0 Å². The number of H-pyrrole nitrogens is 1. The van der Waals surface area contributed by atoms with Crippen molar-refractivity contribution in [2.75, 3.05) is 13.6 Å². The Kier molecular flexibility index (Phi) is 6.50. The Morgan fingerprint density at radius 3 is 2.91 bits per heavy atom. The molecule has 34 heavy (non-hydrogen) atoms. The van der Waals surface area contributed by atoms with Gasteiger partial charge in [-0.05, 0) is 55.9 Å². The number of para-hydroxylation sites is 1. The summed E-state index contributed by atoms with van der Waals surface area (Å²) in [6.45, 7) is 2.69. The number of carbonyl (C=O) groups excluding carboxylic acids is 2. The number of aryl methyl sites for hydroxylation is 1. The third kappa shape index (κ3) is 4.64. The molecule has 2 heterocycles. The molecule has 3 atom stereocenters. The first-order chi connectivity index (χ1) is 16.5. The van der Waals surface area contributed by atoms with E-state index < -0.39 is 0 Å². The van der Waals surface area contributed by atoms with Crippen molar-refractivity contribution in [3.8, 4) is 0 Å². The van der Waals surface area contributed by atoms with Gasteiger partial charge in [-0.1, -0.05) is 48.0 Å². The topological polar surface area (TPSA) is 65.2 Å². The summed E-state index contributed by atoms with van der Waals surface area (Å²) in [6, 6.07) is 16.6. The minimum atomic E-state index is -0.0395. The van der Waals surface area contributed by atoms with Gasteiger partial charge in [-0.25, -0.2) is 0 Å². The molecule has 0 radical (unpaired) electrons. The summed E-state index contributed by atoms with van der Waals surface area (Å²) < 4.78 is 0. The van der Waals surface area contributed by atoms with E-state index in [9.17, 15) is 9.59 Å². The maximum atomic E-state index is 13.1. The van der Waals surface area contributed by atoms with E-state index in [4.69, 9.17) is 0 Å². The van der Waals surface area contributed by atoms with Crippen LogP contribution in [0.15, 0.2) is 59.6 Å². The van der Waals surface area contributed by atoms with Gasteiger partial charge in [0.05, 0.1) is 4.91 Å². The van der Waals surface area contributed by atoms with Crippen molar-refractivity contribution < 1.29 is 9.59 Å². The van der Waals surface area contributed by atoms with E-state index in [-0.39, 0.29) is 23.8 Å². The zero-order valence-electron chi connectivity index (χ0n) is 19.7. The third-order valence-electron chi connectivity index (χ3n) is 7.14. The van der Waals surface area contributed by atoms with Crippen LogP contribution in [0.5, 0.6) is 0 Å². The number of thioether (sulfide) groups is 1. The standard InChI is InChI=1S/C28H31N3O2S/c1-18-6-5-7-19(14-18)15-26-28(33)31(2)24-16-20(10-11-25(24)34-26)27(32)29-13-12-21-17-30-23-9-4-3-8-22(21)23/h3-9,14-15,17,20,24-25,30H,10-13,16H2,1-2H3,(H,29,32)/b26-15-. The monoisotopic (exact) mass is 473 g/mol. The van der Waals surface area contributed by atoms with Crippen LogP contribution >= 0.6 is 11.8 Å². The summed E-state index contributed by atoms with van der Waals surface area (Å²) in [5, 5.41) is 4.70. The van der Waals surface area contributed by atoms with E-state index in [1.807, 2.05) is 48.5 Å². The minimum absolute atomic E-state index is 0.0395. The normalized spacial score (nSPS) is 23.8. The Bertz CT molecular complexity index is 1250. The van der Waals surface area contributed by atoms with Crippen LogP contribution in [-0.2, 0) is 16.0 Å². The first-order valence-corrected chi connectivity index (χ1v) is 12.9. The van der Waals surface area contributed by atoms with Crippen LogP contribution in [0.2, 0.25) is 0 Å². The van der Waals surface area contributed by atoms with Crippen LogP contribution in [0.25, 0.3) is 17.0 Å². The van der Waals surface area contributed by atoms with Crippen molar-refractivity contribution in [3.63, 3.8) is 0 Å². The lowest BCUT2D eigenvalue weighted by atomic mass is 9.83. The molecule has 2 aromatic carbocycles. The lowest BCUT2D eigenvalue weighted by Crippen LogP contribution is -2.52. The second-order valence-electron chi connectivity index (χ2n) is 9.47. The van der Waals surface area contributed by atoms with Crippen molar-refractivity contribution in [2.45, 2.75) is 43.9 Å². The molecule has 1 saturated heterocycles. The summed E-state index contributed by atoms with van der Waals surface area (Å²) in [4.78, 5) is 32.0. The highest BCUT2D eigenvalue weighted by Gasteiger charge is 2.42. The van der Waals surface area contributed by atoms with Gasteiger partial charge in [0.1, 0.15) is 0 Å². The molecule has 6 heteroatoms. The summed E-state index contributed by atoms with van der Waals surface area (Å²) in [5.74, 6) is 0.140. The van der Waals surface area contributed by atoms with Gasteiger partial charge in [-0.15, -0.1) is 11.8 Å². The third-order valence-corrected chi connectivity index (χ3v) is 8.54. The predicted molar refractivity (Wildman–Crippen MR) is 139 cm³/mol. The molecule has 2 fully saturated rings. The maximum absolute atomic E-state index is 13.1. The van der Waals surface area contributed by atoms with Crippen LogP contribution < -0.4 is 5.32 Å². The molecule has 5 rings (SSSR count). The molecular formula is C28H31N3O2S. The molecule has 0 bridgehead atoms. The molecule has 1 aliphatic carbocycles. The molecule has 2 N–H and O–H groups in total. The second kappa shape index (κ2) is 9.71. The minimum Gasteiger partial charge on any atom is -0.361 e. The van der Waals surface area contributed by atoms with Gasteiger partial charge >= 0.3 is 0 Å². The fourth-order valence-electron chi connectivity index (χ4n) is 5.25. The van der Waals surface area contributed by atoms with Crippen LogP contribution in [-0.4, -0.2) is 46.6 Å². The molecule has 5 nitrogen and oxygen atoms in total. The molecule has 176 valence electrons. The van der Waals surface area contributed by atoms with E-state index in [0.29, 0.717) is 11.8 Å². The number of carbonyl (C=O) groups is 2. The zero-order chi connectivity index (χ0) is 23.7. The highest BCUT2D eigenvalue weighted by Crippen LogP contribution is 2.43. The molecule has 1 saturated carbocycles. The lowest BCUT2D eigenvalue weighted by Gasteiger charge is -2.44. The average molecular weight is 474 g/mol. The van der Waals surface area contributed by atoms with Gasteiger partial charge in [0, 0.05) is 47.9 Å². The van der Waals surface area contributed by atoms with E-state index in [0.717, 1.165) is 41.7 Å². The van der Waals surface area contributed by atoms with Gasteiger partial charge in [-0.3, -0.25) is 9.59 Å². The average Bonchev–Trinajstić information content (AvgIpc) is 3.25. The SMILES string of the molecule is Cc1cccc(/C=C2\SC3CCC(C(=O)NCCc4c[nH]c5ccccc45)CC3N(C)C2=O)c1. The molecule has 3 aromatic rings. The second-order valence-corrected chi connectivity index (χ2v) is 10.8. The van der Waals surface area contributed by atoms with Gasteiger partial charge < -0.3 is 15.2 Å². The van der Waals surface area contributed by atoms with Gasteiger partial charge in [-0.2, -0.15) is 0 Å². The Hall–Kier alpha value is -2.99. The number of amides is 2. The molecule has 3 unspecified atom stereocenters. The number of rotatable bonds is 5. The maximum Gasteiger partial charge on any atom is 0.260 e. The fraction of sp³-hybridized carbons (Fsp3) is 0.357. The summed E-state index contributed by atoms with van der Waals surface area (Å²) in [6.07, 6.45) is 7.39. The number of nitrogens with zero attached hydrogens (tertiary/aromatic N) is 1. The van der Waals surface area contributed by atoms with E-state index >= 15 is 0 Å². The molecule has 0 spiro atoms. The molecule has 1 aliphatic heterocycles. The highest BCUT2D eigenvalue weighted by atomic mass is 32.2. The number of nitrogens with one attached hydrogen (secondary N) is 2. The fourth-order valence-corrected chi connectivity index (χ4v) is 6.73. The molecule has 1 aromatic heterocycles. The Morgan fingerprint density at radius 2 is 2.06 bits per heavy atom. The molecule has 2 aliphatic rings. The van der Waals surface area contributed by atoms with E-state index in [1.54, 1.807) is 11.8 Å². The number of fused-ring (bicyclic) bond motifs is 2. The summed E-state index contributed by atoms with van der Waals surface area (Å²) in [5.41, 5.74) is 4.60. The number of likely N-dealkylation sites (N-methyl/N-ethyl adjacent to an activating group) is 1. The Labute approximate surface area is 205 Å². The van der Waals surface area contributed by atoms with Crippen molar-refractivity contribution in [2.24, 2.45) is 5.92 Å². The van der Waals surface area contributed by atoms with Crippen LogP contribution in [0.1, 0.15) is 36.0 Å². The van der Waals surface area contributed by atoms with Gasteiger partial charge in [0.25, 0.3) is 5.91 Å². The number of hydrogen-bond acceptors (Lipinski definition) is 3. The number of aromatic nitrogens is 1. The van der Waals surface area contributed by atoms with Crippen molar-refractivity contribution in [1.29, 1.82) is 0 Å². The van der Waals surface area contributed by atoms with Crippen molar-refractivity contribution >= 4 is 40.6 Å². The summed E-state index contributed by atoms with van der Waals surface area (Å²) >= 11 is 1.69. The smallest absolute Gasteiger partial charge is 0.260 e. The van der Waals surface area contributed by atoms with Crippen LogP contribution in [0.3, 0.4) is 0 Å². The van der Waals surface area contributed by atoms with Crippen molar-refractivity contribution in [3.05, 3.63) is 76.3 Å². The first kappa shape index (κ1) is 22.8. The summed E-state index contributed by atoms with van der Waals surface area (Å²) in [7, 11) is 1.89. The number of aromatic amines is 1. The quantitative estimate of drug-likeness (QED) is 0.517. The molecular weight excluding hydrogens is 442 g/mol. The van der Waals surface area contributed by atoms with Gasteiger partial charge in [0.15, 0.2) is 0 Å². The van der Waals surface area contributed by atoms with Gasteiger partial charge in [0.2, 0.25) is 5.91 Å². The van der Waals surface area contributed by atoms with Crippen LogP contribution in [0, 0.1) is 12.8 Å². The predicted octanol–water partition coefficient (Wildman–Crippen LogP) is 4.92.